The van der Waals surface area contributed by atoms with Crippen molar-refractivity contribution in [3.8, 4) is 0 Å². The third-order valence-electron chi connectivity index (χ3n) is 5.80. The summed E-state index contributed by atoms with van der Waals surface area (Å²) in [7, 11) is 0. The maximum atomic E-state index is 13.1. The first-order valence-corrected chi connectivity index (χ1v) is 9.27. The van der Waals surface area contributed by atoms with Crippen LogP contribution in [0.2, 0.25) is 0 Å². The normalized spacial score (nSPS) is 28.9. The molecule has 0 saturated heterocycles. The molecule has 2 N–H and O–H groups in total. The van der Waals surface area contributed by atoms with Crippen molar-refractivity contribution in [2.24, 2.45) is 17.3 Å². The molecule has 1 amide bonds. The highest BCUT2D eigenvalue weighted by Gasteiger charge is 2.55. The van der Waals surface area contributed by atoms with Gasteiger partial charge >= 0.3 is 0 Å². The summed E-state index contributed by atoms with van der Waals surface area (Å²) in [6.45, 7) is 4.80. The molecule has 0 radical (unpaired) electrons. The third-order valence-corrected chi connectivity index (χ3v) is 5.80. The van der Waals surface area contributed by atoms with E-state index in [0.717, 1.165) is 44.8 Å². The Morgan fingerprint density at radius 2 is 2.00 bits per heavy atom. The molecule has 1 aromatic rings. The molecule has 2 bridgehead atoms. The van der Waals surface area contributed by atoms with Crippen LogP contribution >= 0.6 is 0 Å². The highest BCUT2D eigenvalue weighted by atomic mass is 16.2. The molecule has 0 aromatic heterocycles. The standard InChI is InChI=1S/C20H30N2O/c1-2-10-21-11-12-22-19(23)20(14-16-6-4-3-5-7-16)15-17-8-9-18(20)13-17/h3-7,17-18,21H,2,8-15H2,1H3,(H,22,23). The highest BCUT2D eigenvalue weighted by Crippen LogP contribution is 2.57. The summed E-state index contributed by atoms with van der Waals surface area (Å²) in [4.78, 5) is 13.1. The molecule has 3 atom stereocenters. The predicted molar refractivity (Wildman–Crippen MR) is 94.2 cm³/mol. The molecule has 2 fully saturated rings. The lowest BCUT2D eigenvalue weighted by Crippen LogP contribution is -2.47. The van der Waals surface area contributed by atoms with Crippen molar-refractivity contribution >= 4 is 5.91 Å². The largest absolute Gasteiger partial charge is 0.354 e. The number of carbonyl (C=O) groups excluding carboxylic acids is 1. The Bertz CT molecular complexity index is 516. The summed E-state index contributed by atoms with van der Waals surface area (Å²) in [5.41, 5.74) is 1.15. The van der Waals surface area contributed by atoms with Crippen LogP contribution in [0.25, 0.3) is 0 Å². The fourth-order valence-corrected chi connectivity index (χ4v) is 4.72. The minimum atomic E-state index is -0.158. The Kier molecular flexibility index (Phi) is 5.37. The molecule has 3 rings (SSSR count). The zero-order chi connectivity index (χ0) is 16.1. The van der Waals surface area contributed by atoms with E-state index in [2.05, 4.69) is 47.9 Å². The number of rotatable bonds is 8. The molecule has 0 aliphatic heterocycles. The summed E-state index contributed by atoms with van der Waals surface area (Å²) in [5, 5.41) is 6.59. The van der Waals surface area contributed by atoms with Crippen molar-refractivity contribution in [1.82, 2.24) is 10.6 Å². The number of benzene rings is 1. The van der Waals surface area contributed by atoms with Crippen LogP contribution in [0, 0.1) is 17.3 Å². The second kappa shape index (κ2) is 7.48. The van der Waals surface area contributed by atoms with E-state index in [-0.39, 0.29) is 5.41 Å². The second-order valence-electron chi connectivity index (χ2n) is 7.40. The van der Waals surface area contributed by atoms with Crippen molar-refractivity contribution in [3.05, 3.63) is 35.9 Å². The molecule has 2 aliphatic rings. The zero-order valence-corrected chi connectivity index (χ0v) is 14.3. The van der Waals surface area contributed by atoms with E-state index in [1.807, 2.05) is 0 Å². The molecule has 3 nitrogen and oxygen atoms in total. The quantitative estimate of drug-likeness (QED) is 0.724. The first-order chi connectivity index (χ1) is 11.2. The van der Waals surface area contributed by atoms with E-state index in [4.69, 9.17) is 0 Å². The van der Waals surface area contributed by atoms with Crippen molar-refractivity contribution in [2.75, 3.05) is 19.6 Å². The zero-order valence-electron chi connectivity index (χ0n) is 14.3. The molecular formula is C20H30N2O. The lowest BCUT2D eigenvalue weighted by atomic mass is 9.68. The number of nitrogens with one attached hydrogen (secondary N) is 2. The second-order valence-corrected chi connectivity index (χ2v) is 7.40. The lowest BCUT2D eigenvalue weighted by molar-refractivity contribution is -0.134. The van der Waals surface area contributed by atoms with Crippen LogP contribution < -0.4 is 10.6 Å². The van der Waals surface area contributed by atoms with Gasteiger partial charge < -0.3 is 10.6 Å². The Morgan fingerprint density at radius 3 is 2.65 bits per heavy atom. The number of carbonyl (C=O) groups is 1. The van der Waals surface area contributed by atoms with Gasteiger partial charge in [-0.15, -0.1) is 0 Å². The van der Waals surface area contributed by atoms with Gasteiger partial charge in [0.05, 0.1) is 5.41 Å². The average Bonchev–Trinajstić information content (AvgIpc) is 3.17. The number of hydrogen-bond donors (Lipinski definition) is 2. The van der Waals surface area contributed by atoms with Gasteiger partial charge in [-0.3, -0.25) is 4.79 Å². The molecule has 3 unspecified atom stereocenters. The Labute approximate surface area is 140 Å². The van der Waals surface area contributed by atoms with Crippen molar-refractivity contribution in [2.45, 2.75) is 45.4 Å². The summed E-state index contributed by atoms with van der Waals surface area (Å²) in [6, 6.07) is 10.6. The maximum absolute atomic E-state index is 13.1. The highest BCUT2D eigenvalue weighted by molar-refractivity contribution is 5.84. The molecule has 2 saturated carbocycles. The van der Waals surface area contributed by atoms with Gasteiger partial charge in [0.1, 0.15) is 0 Å². The summed E-state index contributed by atoms with van der Waals surface area (Å²) in [6.07, 6.45) is 6.94. The summed E-state index contributed by atoms with van der Waals surface area (Å²) < 4.78 is 0. The van der Waals surface area contributed by atoms with E-state index in [1.165, 1.54) is 24.8 Å². The van der Waals surface area contributed by atoms with Crippen LogP contribution in [0.4, 0.5) is 0 Å². The van der Waals surface area contributed by atoms with E-state index in [0.29, 0.717) is 11.8 Å². The van der Waals surface area contributed by atoms with E-state index >= 15 is 0 Å². The van der Waals surface area contributed by atoms with Gasteiger partial charge in [0.15, 0.2) is 0 Å². The molecule has 126 valence electrons. The van der Waals surface area contributed by atoms with E-state index in [9.17, 15) is 4.79 Å². The fourth-order valence-electron chi connectivity index (χ4n) is 4.72. The molecular weight excluding hydrogens is 284 g/mol. The van der Waals surface area contributed by atoms with Crippen molar-refractivity contribution in [3.63, 3.8) is 0 Å². The van der Waals surface area contributed by atoms with Crippen molar-refractivity contribution < 1.29 is 4.79 Å². The molecule has 23 heavy (non-hydrogen) atoms. The number of hydrogen-bond acceptors (Lipinski definition) is 2. The van der Waals surface area contributed by atoms with Gasteiger partial charge in [-0.2, -0.15) is 0 Å². The van der Waals surface area contributed by atoms with Crippen LogP contribution in [0.3, 0.4) is 0 Å². The van der Waals surface area contributed by atoms with E-state index < -0.39 is 0 Å². The summed E-state index contributed by atoms with van der Waals surface area (Å²) in [5.74, 6) is 1.65. The SMILES string of the molecule is CCCNCCNC(=O)C1(Cc2ccccc2)CC2CCC1C2. The van der Waals surface area contributed by atoms with Crippen LogP contribution in [0.15, 0.2) is 30.3 Å². The van der Waals surface area contributed by atoms with Crippen LogP contribution in [0.5, 0.6) is 0 Å². The average molecular weight is 314 g/mol. The smallest absolute Gasteiger partial charge is 0.226 e. The Morgan fingerprint density at radius 1 is 1.17 bits per heavy atom. The Hall–Kier alpha value is -1.35. The molecule has 0 spiro atoms. The first kappa shape index (κ1) is 16.5. The predicted octanol–water partition coefficient (Wildman–Crippen LogP) is 3.15. The van der Waals surface area contributed by atoms with Gasteiger partial charge in [-0.05, 0) is 56.0 Å². The van der Waals surface area contributed by atoms with Crippen molar-refractivity contribution in [1.29, 1.82) is 0 Å². The van der Waals surface area contributed by atoms with Gasteiger partial charge in [-0.1, -0.05) is 43.7 Å². The van der Waals surface area contributed by atoms with Gasteiger partial charge in [-0.25, -0.2) is 0 Å². The topological polar surface area (TPSA) is 41.1 Å². The Balaban J connectivity index is 1.65. The number of fused-ring (bicyclic) bond motifs is 2. The fraction of sp³-hybridized carbons (Fsp3) is 0.650. The maximum Gasteiger partial charge on any atom is 0.226 e. The number of amides is 1. The van der Waals surface area contributed by atoms with Crippen LogP contribution in [0.1, 0.15) is 44.6 Å². The van der Waals surface area contributed by atoms with E-state index in [1.54, 1.807) is 0 Å². The van der Waals surface area contributed by atoms with Gasteiger partial charge in [0.2, 0.25) is 5.91 Å². The van der Waals surface area contributed by atoms with Gasteiger partial charge in [0.25, 0.3) is 0 Å². The minimum Gasteiger partial charge on any atom is -0.354 e. The molecule has 2 aliphatic carbocycles. The molecule has 0 heterocycles. The minimum absolute atomic E-state index is 0.158. The summed E-state index contributed by atoms with van der Waals surface area (Å²) >= 11 is 0. The van der Waals surface area contributed by atoms with Crippen LogP contribution in [-0.2, 0) is 11.2 Å². The monoisotopic (exact) mass is 314 g/mol. The lowest BCUT2D eigenvalue weighted by Gasteiger charge is -2.36. The molecule has 3 heteroatoms. The van der Waals surface area contributed by atoms with Crippen LogP contribution in [-0.4, -0.2) is 25.5 Å². The molecule has 1 aromatic carbocycles. The van der Waals surface area contributed by atoms with Gasteiger partial charge in [0, 0.05) is 13.1 Å². The third kappa shape index (κ3) is 3.60. The first-order valence-electron chi connectivity index (χ1n) is 9.27.